The minimum atomic E-state index is 0.446. The number of benzene rings is 2. The number of hydrogen-bond acceptors (Lipinski definition) is 5. The molecule has 0 aliphatic heterocycles. The van der Waals surface area contributed by atoms with E-state index in [9.17, 15) is 0 Å². The predicted octanol–water partition coefficient (Wildman–Crippen LogP) is 3.60. The summed E-state index contributed by atoms with van der Waals surface area (Å²) in [5.41, 5.74) is 8.03. The molecule has 2 N–H and O–H groups in total. The molecule has 0 aliphatic carbocycles. The smallest absolute Gasteiger partial charge is 0.180 e. The van der Waals surface area contributed by atoms with E-state index in [2.05, 4.69) is 41.3 Å². The lowest BCUT2D eigenvalue weighted by molar-refractivity contribution is 0.281. The Kier molecular flexibility index (Phi) is 8.72. The SMILES string of the molecule is CN(C)CCCOc1cccc(C=NN=C(N)SCc2ccccc2)c1. The second-order valence-electron chi connectivity index (χ2n) is 6.03. The van der Waals surface area contributed by atoms with Gasteiger partial charge in [-0.3, -0.25) is 0 Å². The average molecular weight is 371 g/mol. The molecule has 0 amide bonds. The second-order valence-corrected chi connectivity index (χ2v) is 7.03. The molecule has 0 spiro atoms. The maximum Gasteiger partial charge on any atom is 0.180 e. The molecule has 5 nitrogen and oxygen atoms in total. The molecule has 138 valence electrons. The van der Waals surface area contributed by atoms with Crippen LogP contribution in [-0.4, -0.2) is 43.5 Å². The Morgan fingerprint density at radius 3 is 2.73 bits per heavy atom. The van der Waals surface area contributed by atoms with Crippen molar-refractivity contribution in [3.8, 4) is 5.75 Å². The Morgan fingerprint density at radius 1 is 1.15 bits per heavy atom. The Bertz CT molecular complexity index is 717. The van der Waals surface area contributed by atoms with Crippen LogP contribution < -0.4 is 10.5 Å². The van der Waals surface area contributed by atoms with Crippen molar-refractivity contribution in [1.82, 2.24) is 4.90 Å². The van der Waals surface area contributed by atoms with Gasteiger partial charge in [0.05, 0.1) is 12.8 Å². The molecule has 0 saturated heterocycles. The Labute approximate surface area is 160 Å². The van der Waals surface area contributed by atoms with Gasteiger partial charge in [-0.2, -0.15) is 5.10 Å². The Balaban J connectivity index is 1.80. The first kappa shape index (κ1) is 20.0. The van der Waals surface area contributed by atoms with Crippen molar-refractivity contribution in [2.45, 2.75) is 12.2 Å². The van der Waals surface area contributed by atoms with E-state index in [1.54, 1.807) is 6.21 Å². The fraction of sp³-hybridized carbons (Fsp3) is 0.300. The van der Waals surface area contributed by atoms with Crippen molar-refractivity contribution in [3.63, 3.8) is 0 Å². The quantitative estimate of drug-likeness (QED) is 0.317. The first-order chi connectivity index (χ1) is 12.6. The zero-order valence-electron chi connectivity index (χ0n) is 15.3. The Morgan fingerprint density at radius 2 is 1.96 bits per heavy atom. The van der Waals surface area contributed by atoms with Crippen molar-refractivity contribution in [1.29, 1.82) is 0 Å². The number of ether oxygens (including phenoxy) is 1. The van der Waals surface area contributed by atoms with E-state index >= 15 is 0 Å². The summed E-state index contributed by atoms with van der Waals surface area (Å²) in [7, 11) is 4.11. The fourth-order valence-electron chi connectivity index (χ4n) is 2.17. The third-order valence-corrected chi connectivity index (χ3v) is 4.32. The lowest BCUT2D eigenvalue weighted by atomic mass is 10.2. The Hall–Kier alpha value is -2.31. The van der Waals surface area contributed by atoms with Crippen LogP contribution in [0, 0.1) is 0 Å². The zero-order chi connectivity index (χ0) is 18.6. The summed E-state index contributed by atoms with van der Waals surface area (Å²) in [5, 5.41) is 8.55. The van der Waals surface area contributed by atoms with E-state index in [0.29, 0.717) is 11.8 Å². The van der Waals surface area contributed by atoms with Gasteiger partial charge in [-0.15, -0.1) is 5.10 Å². The minimum Gasteiger partial charge on any atom is -0.494 e. The minimum absolute atomic E-state index is 0.446. The van der Waals surface area contributed by atoms with Gasteiger partial charge in [0.2, 0.25) is 0 Å². The molecule has 0 unspecified atom stereocenters. The highest BCUT2D eigenvalue weighted by Crippen LogP contribution is 2.13. The molecule has 26 heavy (non-hydrogen) atoms. The van der Waals surface area contributed by atoms with Gasteiger partial charge in [-0.05, 0) is 43.8 Å². The summed E-state index contributed by atoms with van der Waals surface area (Å²) in [5.74, 6) is 1.62. The molecule has 6 heteroatoms. The summed E-state index contributed by atoms with van der Waals surface area (Å²) >= 11 is 1.47. The first-order valence-electron chi connectivity index (χ1n) is 8.54. The first-order valence-corrected chi connectivity index (χ1v) is 9.53. The summed E-state index contributed by atoms with van der Waals surface area (Å²) in [6, 6.07) is 17.9. The summed E-state index contributed by atoms with van der Waals surface area (Å²) in [6.45, 7) is 1.70. The number of hydrogen-bond donors (Lipinski definition) is 1. The molecule has 2 aromatic carbocycles. The van der Waals surface area contributed by atoms with E-state index in [0.717, 1.165) is 30.0 Å². The lowest BCUT2D eigenvalue weighted by Crippen LogP contribution is -2.15. The van der Waals surface area contributed by atoms with Crippen molar-refractivity contribution >= 4 is 23.1 Å². The third-order valence-electron chi connectivity index (χ3n) is 3.47. The molecule has 0 atom stereocenters. The second kappa shape index (κ2) is 11.3. The number of nitrogens with two attached hydrogens (primary N) is 1. The number of nitrogens with zero attached hydrogens (tertiary/aromatic N) is 3. The van der Waals surface area contributed by atoms with Gasteiger partial charge in [0.15, 0.2) is 5.17 Å². The summed E-state index contributed by atoms with van der Waals surface area (Å²) in [6.07, 6.45) is 2.67. The van der Waals surface area contributed by atoms with Crippen LogP contribution in [0.25, 0.3) is 0 Å². The fourth-order valence-corrected chi connectivity index (χ4v) is 2.78. The van der Waals surface area contributed by atoms with Gasteiger partial charge in [-0.1, -0.05) is 54.2 Å². The number of amidine groups is 1. The van der Waals surface area contributed by atoms with E-state index < -0.39 is 0 Å². The van der Waals surface area contributed by atoms with Gasteiger partial charge in [0.25, 0.3) is 0 Å². The van der Waals surface area contributed by atoms with Crippen LogP contribution in [0.15, 0.2) is 64.8 Å². The van der Waals surface area contributed by atoms with E-state index in [4.69, 9.17) is 10.5 Å². The van der Waals surface area contributed by atoms with Gasteiger partial charge in [-0.25, -0.2) is 0 Å². The zero-order valence-corrected chi connectivity index (χ0v) is 16.2. The molecule has 0 fully saturated rings. The molecule has 0 aliphatic rings. The van der Waals surface area contributed by atoms with E-state index in [1.165, 1.54) is 17.3 Å². The monoisotopic (exact) mass is 370 g/mol. The highest BCUT2D eigenvalue weighted by atomic mass is 32.2. The van der Waals surface area contributed by atoms with Crippen molar-refractivity contribution in [2.24, 2.45) is 15.9 Å². The van der Waals surface area contributed by atoms with Crippen LogP contribution in [0.3, 0.4) is 0 Å². The average Bonchev–Trinajstić information content (AvgIpc) is 2.65. The topological polar surface area (TPSA) is 63.2 Å². The van der Waals surface area contributed by atoms with Gasteiger partial charge in [0, 0.05) is 12.3 Å². The summed E-state index contributed by atoms with van der Waals surface area (Å²) in [4.78, 5) is 2.14. The van der Waals surface area contributed by atoms with E-state index in [1.807, 2.05) is 42.5 Å². The van der Waals surface area contributed by atoms with Crippen LogP contribution >= 0.6 is 11.8 Å². The van der Waals surface area contributed by atoms with Gasteiger partial charge >= 0.3 is 0 Å². The molecule has 0 saturated carbocycles. The molecule has 2 aromatic rings. The largest absolute Gasteiger partial charge is 0.494 e. The van der Waals surface area contributed by atoms with E-state index in [-0.39, 0.29) is 0 Å². The van der Waals surface area contributed by atoms with Crippen LogP contribution in [0.1, 0.15) is 17.5 Å². The molecule has 0 heterocycles. The standard InChI is InChI=1S/C20H26N4OS/c1-24(2)12-7-13-25-19-11-6-10-18(14-19)15-22-23-20(21)26-16-17-8-4-3-5-9-17/h3-6,8-11,14-15H,7,12-13,16H2,1-2H3,(H2,21,23). The van der Waals surface area contributed by atoms with Crippen LogP contribution in [0.5, 0.6) is 5.75 Å². The molecule has 2 rings (SSSR count). The molecular formula is C20H26N4OS. The molecular weight excluding hydrogens is 344 g/mol. The van der Waals surface area contributed by atoms with Crippen molar-refractivity contribution < 1.29 is 4.74 Å². The van der Waals surface area contributed by atoms with Gasteiger partial charge in [0.1, 0.15) is 5.75 Å². The van der Waals surface area contributed by atoms with Crippen LogP contribution in [0.2, 0.25) is 0 Å². The van der Waals surface area contributed by atoms with Crippen molar-refractivity contribution in [3.05, 3.63) is 65.7 Å². The number of thioether (sulfide) groups is 1. The molecule has 0 aromatic heterocycles. The van der Waals surface area contributed by atoms with Gasteiger partial charge < -0.3 is 15.4 Å². The highest BCUT2D eigenvalue weighted by molar-refractivity contribution is 8.13. The predicted molar refractivity (Wildman–Crippen MR) is 112 cm³/mol. The normalized spacial score (nSPS) is 12.0. The maximum atomic E-state index is 5.89. The maximum absolute atomic E-state index is 5.89. The van der Waals surface area contributed by atoms with Crippen LogP contribution in [-0.2, 0) is 5.75 Å². The molecule has 0 radical (unpaired) electrons. The van der Waals surface area contributed by atoms with Crippen molar-refractivity contribution in [2.75, 3.05) is 27.2 Å². The van der Waals surface area contributed by atoms with Crippen LogP contribution in [0.4, 0.5) is 0 Å². The molecule has 0 bridgehead atoms. The summed E-state index contributed by atoms with van der Waals surface area (Å²) < 4.78 is 5.76. The highest BCUT2D eigenvalue weighted by Gasteiger charge is 1.98. The number of rotatable bonds is 9. The third kappa shape index (κ3) is 8.18. The lowest BCUT2D eigenvalue weighted by Gasteiger charge is -2.10.